The number of halogens is 2. The third kappa shape index (κ3) is 6.06. The van der Waals surface area contributed by atoms with Crippen LogP contribution in [0, 0.1) is 10.8 Å². The molecular formula is C31H30Cl2N2O5. The van der Waals surface area contributed by atoms with E-state index in [0.717, 1.165) is 0 Å². The summed E-state index contributed by atoms with van der Waals surface area (Å²) in [7, 11) is 0. The van der Waals surface area contributed by atoms with Crippen LogP contribution in [0.2, 0.25) is 10.0 Å². The molecule has 0 aliphatic rings. The van der Waals surface area contributed by atoms with Crippen molar-refractivity contribution in [3.8, 4) is 5.75 Å². The number of benzene rings is 1. The first kappa shape index (κ1) is 29.3. The van der Waals surface area contributed by atoms with Gasteiger partial charge in [0.15, 0.2) is 5.78 Å². The summed E-state index contributed by atoms with van der Waals surface area (Å²) in [5.41, 5.74) is 0.314. The van der Waals surface area contributed by atoms with Crippen LogP contribution in [0.15, 0.2) is 60.9 Å². The SMILES string of the molecule is CC(C)(C)C(=O)c1c(CC(C)(C)C(=O)O)c(C(=O)c2ccc(Cl)cc2)n2ccc(OCc3ccc(Cl)cn3)cc12. The lowest BCUT2D eigenvalue weighted by Gasteiger charge is -2.22. The third-order valence-corrected chi connectivity index (χ3v) is 7.09. The molecule has 3 heterocycles. The zero-order chi connectivity index (χ0) is 29.4. The topological polar surface area (TPSA) is 98.0 Å². The van der Waals surface area contributed by atoms with Gasteiger partial charge in [0, 0.05) is 40.0 Å². The van der Waals surface area contributed by atoms with Crippen LogP contribution in [0.5, 0.6) is 5.75 Å². The molecule has 4 rings (SSSR count). The number of hydrogen-bond acceptors (Lipinski definition) is 5. The van der Waals surface area contributed by atoms with Crippen LogP contribution in [-0.2, 0) is 17.8 Å². The number of aromatic nitrogens is 2. The van der Waals surface area contributed by atoms with Crippen molar-refractivity contribution in [2.24, 2.45) is 10.8 Å². The van der Waals surface area contributed by atoms with Crippen LogP contribution >= 0.6 is 23.2 Å². The van der Waals surface area contributed by atoms with E-state index in [1.54, 1.807) is 93.7 Å². The second-order valence-corrected chi connectivity index (χ2v) is 12.2. The first-order valence-electron chi connectivity index (χ1n) is 12.7. The Morgan fingerprint density at radius 2 is 1.60 bits per heavy atom. The maximum atomic E-state index is 14.0. The zero-order valence-electron chi connectivity index (χ0n) is 22.9. The molecule has 208 valence electrons. The fourth-order valence-electron chi connectivity index (χ4n) is 4.33. The number of fused-ring (bicyclic) bond motifs is 1. The number of carbonyl (C=O) groups excluding carboxylic acids is 2. The number of ether oxygens (including phenoxy) is 1. The third-order valence-electron chi connectivity index (χ3n) is 6.61. The number of carboxylic acid groups (broad SMARTS) is 1. The average Bonchev–Trinajstić information content (AvgIpc) is 3.19. The van der Waals surface area contributed by atoms with Crippen LogP contribution in [0.4, 0.5) is 0 Å². The molecule has 9 heteroatoms. The molecule has 1 aromatic carbocycles. The minimum Gasteiger partial charge on any atom is -0.487 e. The van der Waals surface area contributed by atoms with E-state index >= 15 is 0 Å². The second-order valence-electron chi connectivity index (χ2n) is 11.4. The number of carbonyl (C=O) groups is 3. The molecule has 0 saturated heterocycles. The summed E-state index contributed by atoms with van der Waals surface area (Å²) >= 11 is 12.0. The van der Waals surface area contributed by atoms with Crippen molar-refractivity contribution < 1.29 is 24.2 Å². The monoisotopic (exact) mass is 580 g/mol. The fraction of sp³-hybridized carbons (Fsp3) is 0.290. The van der Waals surface area contributed by atoms with Gasteiger partial charge in [0.05, 0.1) is 27.3 Å². The van der Waals surface area contributed by atoms with E-state index in [4.69, 9.17) is 27.9 Å². The number of rotatable bonds is 9. The van der Waals surface area contributed by atoms with Gasteiger partial charge in [-0.2, -0.15) is 0 Å². The van der Waals surface area contributed by atoms with Crippen molar-refractivity contribution in [3.63, 3.8) is 0 Å². The molecule has 0 spiro atoms. The number of pyridine rings is 2. The summed E-state index contributed by atoms with van der Waals surface area (Å²) in [5, 5.41) is 10.9. The van der Waals surface area contributed by atoms with Gasteiger partial charge in [-0.25, -0.2) is 0 Å². The lowest BCUT2D eigenvalue weighted by Crippen LogP contribution is -2.29. The number of aliphatic carboxylic acids is 1. The predicted octanol–water partition coefficient (Wildman–Crippen LogP) is 7.33. The van der Waals surface area contributed by atoms with E-state index in [9.17, 15) is 19.5 Å². The number of nitrogens with zero attached hydrogens (tertiary/aromatic N) is 2. The van der Waals surface area contributed by atoms with E-state index < -0.39 is 16.8 Å². The minimum absolute atomic E-state index is 0.0410. The van der Waals surface area contributed by atoms with Crippen LogP contribution in [0.1, 0.15) is 72.3 Å². The normalized spacial score (nSPS) is 12.0. The second kappa shape index (κ2) is 11.1. The van der Waals surface area contributed by atoms with Crippen LogP contribution in [-0.4, -0.2) is 32.0 Å². The van der Waals surface area contributed by atoms with Gasteiger partial charge in [0.25, 0.3) is 0 Å². The van der Waals surface area contributed by atoms with Gasteiger partial charge in [-0.05, 0) is 68.3 Å². The van der Waals surface area contributed by atoms with Gasteiger partial charge in [-0.15, -0.1) is 0 Å². The molecule has 0 amide bonds. The van der Waals surface area contributed by atoms with Crippen LogP contribution in [0.3, 0.4) is 0 Å². The van der Waals surface area contributed by atoms with Crippen molar-refractivity contribution >= 4 is 46.3 Å². The van der Waals surface area contributed by atoms with Crippen molar-refractivity contribution in [2.75, 3.05) is 0 Å². The molecule has 7 nitrogen and oxygen atoms in total. The summed E-state index contributed by atoms with van der Waals surface area (Å²) in [5.74, 6) is -1.15. The van der Waals surface area contributed by atoms with E-state index in [0.29, 0.717) is 43.7 Å². The molecule has 0 saturated carbocycles. The Morgan fingerprint density at radius 1 is 0.950 bits per heavy atom. The van der Waals surface area contributed by atoms with E-state index in [1.165, 1.54) is 6.20 Å². The zero-order valence-corrected chi connectivity index (χ0v) is 24.4. The highest BCUT2D eigenvalue weighted by atomic mass is 35.5. The number of hydrogen-bond donors (Lipinski definition) is 1. The van der Waals surface area contributed by atoms with Gasteiger partial charge < -0.3 is 14.2 Å². The smallest absolute Gasteiger partial charge is 0.309 e. The first-order valence-corrected chi connectivity index (χ1v) is 13.4. The first-order chi connectivity index (χ1) is 18.7. The summed E-state index contributed by atoms with van der Waals surface area (Å²) < 4.78 is 7.63. The summed E-state index contributed by atoms with van der Waals surface area (Å²) in [6, 6.07) is 13.3. The molecule has 3 aromatic heterocycles. The molecule has 0 aliphatic carbocycles. The number of Topliss-reactive ketones (excluding diaryl/α,β-unsaturated/α-hetero) is 1. The van der Waals surface area contributed by atoms with E-state index in [-0.39, 0.29) is 30.3 Å². The quantitative estimate of drug-likeness (QED) is 0.208. The maximum Gasteiger partial charge on any atom is 0.309 e. The highest BCUT2D eigenvalue weighted by Crippen LogP contribution is 2.37. The highest BCUT2D eigenvalue weighted by Gasteiger charge is 2.37. The van der Waals surface area contributed by atoms with Gasteiger partial charge in [-0.3, -0.25) is 19.4 Å². The minimum atomic E-state index is -1.26. The van der Waals surface area contributed by atoms with Crippen molar-refractivity contribution in [3.05, 3.63) is 99.0 Å². The summed E-state index contributed by atoms with van der Waals surface area (Å²) in [6.45, 7) is 8.68. The van der Waals surface area contributed by atoms with Crippen LogP contribution in [0.25, 0.3) is 5.52 Å². The van der Waals surface area contributed by atoms with Gasteiger partial charge in [0.2, 0.25) is 5.78 Å². The van der Waals surface area contributed by atoms with Gasteiger partial charge in [0.1, 0.15) is 12.4 Å². The van der Waals surface area contributed by atoms with Crippen molar-refractivity contribution in [2.45, 2.75) is 47.6 Å². The molecule has 40 heavy (non-hydrogen) atoms. The molecular weight excluding hydrogens is 551 g/mol. The molecule has 0 fully saturated rings. The predicted molar refractivity (Wildman–Crippen MR) is 155 cm³/mol. The summed E-state index contributed by atoms with van der Waals surface area (Å²) in [6.07, 6.45) is 3.16. The Balaban J connectivity index is 1.94. The Labute approximate surface area is 242 Å². The van der Waals surface area contributed by atoms with E-state index in [1.807, 2.05) is 0 Å². The Morgan fingerprint density at radius 3 is 2.17 bits per heavy atom. The molecule has 0 radical (unpaired) electrons. The lowest BCUT2D eigenvalue weighted by molar-refractivity contribution is -0.146. The standard InChI is InChI=1S/C31H30Cl2N2O5/c1-30(2,3)28(37)25-23(15-31(4,5)29(38)39)26(27(36)18-6-8-19(32)9-7-18)35-13-12-22(14-24(25)35)40-17-21-11-10-20(33)16-34-21/h6-14,16H,15,17H2,1-5H3,(H,38,39). The van der Waals surface area contributed by atoms with Gasteiger partial charge >= 0.3 is 5.97 Å². The number of ketones is 2. The van der Waals surface area contributed by atoms with Crippen molar-refractivity contribution in [1.29, 1.82) is 0 Å². The molecule has 4 aromatic rings. The largest absolute Gasteiger partial charge is 0.487 e. The maximum absolute atomic E-state index is 14.0. The number of carboxylic acids is 1. The highest BCUT2D eigenvalue weighted by molar-refractivity contribution is 6.31. The molecule has 0 unspecified atom stereocenters. The Bertz CT molecular complexity index is 1600. The molecule has 0 atom stereocenters. The van der Waals surface area contributed by atoms with Crippen molar-refractivity contribution in [1.82, 2.24) is 9.38 Å². The lowest BCUT2D eigenvalue weighted by atomic mass is 9.79. The fourth-order valence-corrected chi connectivity index (χ4v) is 4.57. The molecule has 0 aliphatic heterocycles. The Hall–Kier alpha value is -3.68. The molecule has 0 bridgehead atoms. The van der Waals surface area contributed by atoms with E-state index in [2.05, 4.69) is 4.98 Å². The molecule has 1 N–H and O–H groups in total. The van der Waals surface area contributed by atoms with Crippen LogP contribution < -0.4 is 4.74 Å². The average molecular weight is 581 g/mol. The Kier molecular flexibility index (Phi) is 8.11. The summed E-state index contributed by atoms with van der Waals surface area (Å²) in [4.78, 5) is 44.4. The van der Waals surface area contributed by atoms with Gasteiger partial charge in [-0.1, -0.05) is 44.0 Å².